The molecule has 0 saturated carbocycles. The van der Waals surface area contributed by atoms with Crippen LogP contribution in [-0.2, 0) is 9.53 Å². The predicted octanol–water partition coefficient (Wildman–Crippen LogP) is 3.73. The molecule has 4 nitrogen and oxygen atoms in total. The summed E-state index contributed by atoms with van der Waals surface area (Å²) in [4.78, 5) is 13.9. The van der Waals surface area contributed by atoms with Crippen molar-refractivity contribution in [3.05, 3.63) is 28.2 Å². The fraction of sp³-hybridized carbons (Fsp3) is 0.500. The highest BCUT2D eigenvalue weighted by Crippen LogP contribution is 2.22. The number of hydrogen-bond donors (Lipinski definition) is 1. The summed E-state index contributed by atoms with van der Waals surface area (Å²) in [6, 6.07) is 6.06. The lowest BCUT2D eigenvalue weighted by Gasteiger charge is -2.33. The molecule has 1 aliphatic heterocycles. The Hall–Kier alpha value is -1.14. The Morgan fingerprint density at radius 2 is 2.14 bits per heavy atom. The number of aryl methyl sites for hydroxylation is 1. The first-order valence-corrected chi connectivity index (χ1v) is 8.70. The van der Waals surface area contributed by atoms with Crippen LogP contribution >= 0.6 is 28.1 Å². The fourth-order valence-electron chi connectivity index (χ4n) is 2.54. The Labute approximate surface area is 145 Å². The van der Waals surface area contributed by atoms with Gasteiger partial charge in [0.25, 0.3) is 0 Å². The maximum atomic E-state index is 11.7. The molecule has 0 aromatic heterocycles. The van der Waals surface area contributed by atoms with Gasteiger partial charge < -0.3 is 15.0 Å². The van der Waals surface area contributed by atoms with Crippen LogP contribution in [0.5, 0.6) is 0 Å². The molecule has 120 valence electrons. The largest absolute Gasteiger partial charge is 0.466 e. The van der Waals surface area contributed by atoms with Gasteiger partial charge >= 0.3 is 5.97 Å². The van der Waals surface area contributed by atoms with Crippen molar-refractivity contribution in [1.29, 1.82) is 0 Å². The van der Waals surface area contributed by atoms with Crippen LogP contribution < -0.4 is 5.32 Å². The number of likely N-dealkylation sites (tertiary alicyclic amines) is 1. The first-order valence-electron chi connectivity index (χ1n) is 7.50. The van der Waals surface area contributed by atoms with E-state index in [1.165, 1.54) is 0 Å². The summed E-state index contributed by atoms with van der Waals surface area (Å²) in [5, 5.41) is 4.01. The van der Waals surface area contributed by atoms with Crippen molar-refractivity contribution in [2.24, 2.45) is 5.92 Å². The monoisotopic (exact) mass is 384 g/mol. The number of carbonyl (C=O) groups excluding carboxylic acids is 1. The number of esters is 1. The van der Waals surface area contributed by atoms with Gasteiger partial charge in [0.15, 0.2) is 5.11 Å². The van der Waals surface area contributed by atoms with Gasteiger partial charge in [0.2, 0.25) is 0 Å². The number of rotatable bonds is 3. The van der Waals surface area contributed by atoms with E-state index in [-0.39, 0.29) is 11.9 Å². The number of piperidine rings is 1. The van der Waals surface area contributed by atoms with E-state index in [1.807, 2.05) is 26.0 Å². The average molecular weight is 385 g/mol. The third kappa shape index (κ3) is 4.43. The van der Waals surface area contributed by atoms with Crippen LogP contribution in [0.1, 0.15) is 25.3 Å². The number of anilines is 1. The number of halogens is 1. The van der Waals surface area contributed by atoms with Crippen LogP contribution in [0.15, 0.2) is 22.7 Å². The highest BCUT2D eigenvalue weighted by Gasteiger charge is 2.27. The lowest BCUT2D eigenvalue weighted by molar-refractivity contribution is -0.149. The third-order valence-corrected chi connectivity index (χ3v) is 4.69. The van der Waals surface area contributed by atoms with E-state index in [0.29, 0.717) is 11.7 Å². The molecule has 1 aromatic carbocycles. The first-order chi connectivity index (χ1) is 10.5. The first kappa shape index (κ1) is 17.2. The number of thiocarbonyl (C=S) groups is 1. The summed E-state index contributed by atoms with van der Waals surface area (Å²) in [5.41, 5.74) is 2.15. The molecule has 0 amide bonds. The fourth-order valence-corrected chi connectivity index (χ4v) is 3.31. The predicted molar refractivity (Wildman–Crippen MR) is 96.0 cm³/mol. The second kappa shape index (κ2) is 7.92. The molecule has 0 unspecified atom stereocenters. The van der Waals surface area contributed by atoms with E-state index >= 15 is 0 Å². The summed E-state index contributed by atoms with van der Waals surface area (Å²) in [6.07, 6.45) is 1.58. The Balaban J connectivity index is 1.88. The van der Waals surface area contributed by atoms with Gasteiger partial charge in [0, 0.05) is 23.2 Å². The normalized spacial score (nSPS) is 15.5. The Morgan fingerprint density at radius 1 is 1.45 bits per heavy atom. The number of nitrogens with one attached hydrogen (secondary N) is 1. The maximum absolute atomic E-state index is 11.7. The molecule has 1 aromatic rings. The van der Waals surface area contributed by atoms with Gasteiger partial charge in [0.1, 0.15) is 0 Å². The van der Waals surface area contributed by atoms with E-state index in [1.54, 1.807) is 0 Å². The van der Waals surface area contributed by atoms with E-state index in [4.69, 9.17) is 17.0 Å². The minimum atomic E-state index is -0.0789. The average Bonchev–Trinajstić information content (AvgIpc) is 2.50. The van der Waals surface area contributed by atoms with Crippen molar-refractivity contribution in [3.8, 4) is 0 Å². The van der Waals surface area contributed by atoms with Crippen molar-refractivity contribution >= 4 is 44.9 Å². The van der Waals surface area contributed by atoms with E-state index in [0.717, 1.165) is 41.7 Å². The molecule has 1 saturated heterocycles. The number of nitrogens with zero attached hydrogens (tertiary/aromatic N) is 1. The summed E-state index contributed by atoms with van der Waals surface area (Å²) in [6.45, 7) is 5.90. The molecule has 0 aliphatic carbocycles. The molecule has 22 heavy (non-hydrogen) atoms. The summed E-state index contributed by atoms with van der Waals surface area (Å²) < 4.78 is 6.14. The lowest BCUT2D eigenvalue weighted by Crippen LogP contribution is -2.42. The van der Waals surface area contributed by atoms with Gasteiger partial charge in [-0.1, -0.05) is 15.9 Å². The van der Waals surface area contributed by atoms with Crippen molar-refractivity contribution < 1.29 is 9.53 Å². The van der Waals surface area contributed by atoms with Gasteiger partial charge in [-0.25, -0.2) is 0 Å². The van der Waals surface area contributed by atoms with Crippen LogP contribution in [0.2, 0.25) is 0 Å². The van der Waals surface area contributed by atoms with Crippen molar-refractivity contribution in [3.63, 3.8) is 0 Å². The minimum Gasteiger partial charge on any atom is -0.466 e. The SMILES string of the molecule is CCOC(=O)C1CCN(C(=S)Nc2ccc(Br)cc2C)CC1. The molecule has 0 atom stereocenters. The zero-order chi connectivity index (χ0) is 16.1. The molecule has 0 spiro atoms. The topological polar surface area (TPSA) is 41.6 Å². The molecule has 1 fully saturated rings. The third-order valence-electron chi connectivity index (χ3n) is 3.83. The van der Waals surface area contributed by atoms with Crippen LogP contribution in [0.4, 0.5) is 5.69 Å². The molecule has 0 radical (unpaired) electrons. The van der Waals surface area contributed by atoms with Gasteiger partial charge in [-0.3, -0.25) is 4.79 Å². The molecular formula is C16H21BrN2O2S. The summed E-state index contributed by atoms with van der Waals surface area (Å²) >= 11 is 8.95. The summed E-state index contributed by atoms with van der Waals surface area (Å²) in [7, 11) is 0. The highest BCUT2D eigenvalue weighted by atomic mass is 79.9. The summed E-state index contributed by atoms with van der Waals surface area (Å²) in [5.74, 6) is -0.0711. The quantitative estimate of drug-likeness (QED) is 0.634. The van der Waals surface area contributed by atoms with Gasteiger partial charge in [-0.2, -0.15) is 0 Å². The van der Waals surface area contributed by atoms with Crippen molar-refractivity contribution in [1.82, 2.24) is 4.90 Å². The maximum Gasteiger partial charge on any atom is 0.309 e. The van der Waals surface area contributed by atoms with E-state index in [2.05, 4.69) is 32.2 Å². The Kier molecular flexibility index (Phi) is 6.20. The second-order valence-electron chi connectivity index (χ2n) is 5.40. The van der Waals surface area contributed by atoms with Gasteiger partial charge in [0.05, 0.1) is 12.5 Å². The molecule has 1 heterocycles. The van der Waals surface area contributed by atoms with Crippen LogP contribution in [0.25, 0.3) is 0 Å². The second-order valence-corrected chi connectivity index (χ2v) is 6.71. The zero-order valence-electron chi connectivity index (χ0n) is 12.9. The lowest BCUT2D eigenvalue weighted by atomic mass is 9.97. The highest BCUT2D eigenvalue weighted by molar-refractivity contribution is 9.10. The van der Waals surface area contributed by atoms with E-state index in [9.17, 15) is 4.79 Å². The van der Waals surface area contributed by atoms with Crippen LogP contribution in [0.3, 0.4) is 0 Å². The van der Waals surface area contributed by atoms with E-state index < -0.39 is 0 Å². The molecule has 0 bridgehead atoms. The number of carbonyl (C=O) groups is 1. The molecule has 1 N–H and O–H groups in total. The standard InChI is InChI=1S/C16H21BrN2O2S/c1-3-21-15(20)12-6-8-19(9-7-12)16(22)18-14-5-4-13(17)10-11(14)2/h4-5,10,12H,3,6-9H2,1-2H3,(H,18,22). The minimum absolute atomic E-state index is 0.00779. The smallest absolute Gasteiger partial charge is 0.309 e. The van der Waals surface area contributed by atoms with Crippen molar-refractivity contribution in [2.75, 3.05) is 25.0 Å². The molecule has 2 rings (SSSR count). The van der Waals surface area contributed by atoms with Crippen LogP contribution in [0, 0.1) is 12.8 Å². The number of hydrogen-bond acceptors (Lipinski definition) is 3. The number of ether oxygens (including phenoxy) is 1. The van der Waals surface area contributed by atoms with Gasteiger partial charge in [-0.15, -0.1) is 0 Å². The molecular weight excluding hydrogens is 364 g/mol. The van der Waals surface area contributed by atoms with Crippen LogP contribution in [-0.4, -0.2) is 35.7 Å². The van der Waals surface area contributed by atoms with Gasteiger partial charge in [-0.05, 0) is 62.7 Å². The van der Waals surface area contributed by atoms with Crippen molar-refractivity contribution in [2.45, 2.75) is 26.7 Å². The molecule has 6 heteroatoms. The Morgan fingerprint density at radius 3 is 2.73 bits per heavy atom. The zero-order valence-corrected chi connectivity index (χ0v) is 15.3. The Bertz CT molecular complexity index is 557. The number of benzene rings is 1. The molecule has 1 aliphatic rings.